The largest absolute Gasteiger partial charge is 0.493 e. The topological polar surface area (TPSA) is 50.9 Å². The second-order valence-corrected chi connectivity index (χ2v) is 6.07. The number of ether oxygens (including phenoxy) is 1. The number of nitrogens with zero attached hydrogens (tertiary/aromatic N) is 2. The summed E-state index contributed by atoms with van der Waals surface area (Å²) in [6.45, 7) is 7.71. The molecule has 0 aliphatic carbocycles. The van der Waals surface area contributed by atoms with Crippen LogP contribution in [0.5, 0.6) is 5.75 Å². The Morgan fingerprint density at radius 1 is 1.29 bits per heavy atom. The highest BCUT2D eigenvalue weighted by atomic mass is 16.5. The SMILES string of the molecule is CC(C)COc1cccc(CN=C(N)N2CCCCC2)c1. The Morgan fingerprint density at radius 2 is 2.05 bits per heavy atom. The molecule has 2 rings (SSSR count). The third-order valence-electron chi connectivity index (χ3n) is 3.59. The predicted molar refractivity (Wildman–Crippen MR) is 87.5 cm³/mol. The first-order valence-electron chi connectivity index (χ1n) is 7.92. The van der Waals surface area contributed by atoms with Gasteiger partial charge in [-0.3, -0.25) is 0 Å². The first-order valence-corrected chi connectivity index (χ1v) is 7.92. The van der Waals surface area contributed by atoms with Gasteiger partial charge in [0.2, 0.25) is 0 Å². The third-order valence-corrected chi connectivity index (χ3v) is 3.59. The Balaban J connectivity index is 1.91. The maximum absolute atomic E-state index is 6.08. The zero-order valence-electron chi connectivity index (χ0n) is 13.2. The van der Waals surface area contributed by atoms with Crippen molar-refractivity contribution in [2.24, 2.45) is 16.6 Å². The van der Waals surface area contributed by atoms with Crippen molar-refractivity contribution < 1.29 is 4.74 Å². The van der Waals surface area contributed by atoms with Gasteiger partial charge in [-0.1, -0.05) is 26.0 Å². The van der Waals surface area contributed by atoms with Gasteiger partial charge in [-0.15, -0.1) is 0 Å². The van der Waals surface area contributed by atoms with Crippen LogP contribution in [0.3, 0.4) is 0 Å². The van der Waals surface area contributed by atoms with Crippen molar-refractivity contribution in [2.75, 3.05) is 19.7 Å². The molecule has 0 aromatic heterocycles. The van der Waals surface area contributed by atoms with Gasteiger partial charge in [0.1, 0.15) is 5.75 Å². The molecular formula is C17H27N3O. The van der Waals surface area contributed by atoms with Crippen molar-refractivity contribution in [1.82, 2.24) is 4.90 Å². The van der Waals surface area contributed by atoms with Gasteiger partial charge in [-0.2, -0.15) is 0 Å². The molecule has 1 saturated heterocycles. The Kier molecular flexibility index (Phi) is 5.90. The number of guanidine groups is 1. The van der Waals surface area contributed by atoms with Crippen LogP contribution in [-0.2, 0) is 6.54 Å². The molecule has 1 aromatic rings. The van der Waals surface area contributed by atoms with E-state index in [-0.39, 0.29) is 0 Å². The molecule has 0 spiro atoms. The number of nitrogens with two attached hydrogens (primary N) is 1. The third kappa shape index (κ3) is 5.29. The summed E-state index contributed by atoms with van der Waals surface area (Å²) in [4.78, 5) is 6.70. The number of aliphatic imine (C=N–C) groups is 1. The Bertz CT molecular complexity index is 465. The molecule has 116 valence electrons. The Labute approximate surface area is 128 Å². The highest BCUT2D eigenvalue weighted by Gasteiger charge is 2.11. The summed E-state index contributed by atoms with van der Waals surface area (Å²) in [5.41, 5.74) is 7.21. The molecule has 0 atom stereocenters. The highest BCUT2D eigenvalue weighted by Crippen LogP contribution is 2.15. The van der Waals surface area contributed by atoms with Crippen molar-refractivity contribution in [2.45, 2.75) is 39.7 Å². The molecule has 0 unspecified atom stereocenters. The van der Waals surface area contributed by atoms with E-state index in [4.69, 9.17) is 10.5 Å². The van der Waals surface area contributed by atoms with Crippen LogP contribution in [0.1, 0.15) is 38.7 Å². The fourth-order valence-corrected chi connectivity index (χ4v) is 2.39. The maximum atomic E-state index is 6.08. The standard InChI is InChI=1S/C17H27N3O/c1-14(2)13-21-16-8-6-7-15(11-16)12-19-17(18)20-9-4-3-5-10-20/h6-8,11,14H,3-5,9-10,12-13H2,1-2H3,(H2,18,19). The summed E-state index contributed by atoms with van der Waals surface area (Å²) in [5, 5.41) is 0. The van der Waals surface area contributed by atoms with Gasteiger partial charge in [0.15, 0.2) is 5.96 Å². The number of likely N-dealkylation sites (tertiary alicyclic amines) is 1. The lowest BCUT2D eigenvalue weighted by atomic mass is 10.1. The molecule has 4 heteroatoms. The summed E-state index contributed by atoms with van der Waals surface area (Å²) in [5.74, 6) is 2.11. The summed E-state index contributed by atoms with van der Waals surface area (Å²) in [7, 11) is 0. The highest BCUT2D eigenvalue weighted by molar-refractivity contribution is 5.78. The van der Waals surface area contributed by atoms with E-state index >= 15 is 0 Å². The molecule has 1 heterocycles. The second kappa shape index (κ2) is 7.91. The number of piperidine rings is 1. The lowest BCUT2D eigenvalue weighted by Gasteiger charge is -2.27. The normalized spacial score (nSPS) is 16.3. The van der Waals surface area contributed by atoms with E-state index in [2.05, 4.69) is 35.9 Å². The van der Waals surface area contributed by atoms with Crippen LogP contribution < -0.4 is 10.5 Å². The van der Waals surface area contributed by atoms with E-state index in [1.165, 1.54) is 19.3 Å². The van der Waals surface area contributed by atoms with Crippen molar-refractivity contribution in [3.05, 3.63) is 29.8 Å². The predicted octanol–water partition coefficient (Wildman–Crippen LogP) is 3.02. The molecule has 1 fully saturated rings. The molecule has 21 heavy (non-hydrogen) atoms. The van der Waals surface area contributed by atoms with Gasteiger partial charge in [-0.05, 0) is 42.9 Å². The smallest absolute Gasteiger partial charge is 0.191 e. The molecule has 0 bridgehead atoms. The van der Waals surface area contributed by atoms with Crippen molar-refractivity contribution >= 4 is 5.96 Å². The van der Waals surface area contributed by atoms with E-state index < -0.39 is 0 Å². The van der Waals surface area contributed by atoms with Gasteiger partial charge in [-0.25, -0.2) is 4.99 Å². The molecule has 4 nitrogen and oxygen atoms in total. The van der Waals surface area contributed by atoms with Gasteiger partial charge in [0.25, 0.3) is 0 Å². The molecule has 0 amide bonds. The van der Waals surface area contributed by atoms with Crippen LogP contribution in [0.2, 0.25) is 0 Å². The fraction of sp³-hybridized carbons (Fsp3) is 0.588. The number of rotatable bonds is 5. The summed E-state index contributed by atoms with van der Waals surface area (Å²) in [6, 6.07) is 8.12. The number of hydrogen-bond acceptors (Lipinski definition) is 2. The first-order chi connectivity index (χ1) is 10.1. The zero-order valence-corrected chi connectivity index (χ0v) is 13.2. The van der Waals surface area contributed by atoms with E-state index in [1.807, 2.05) is 12.1 Å². The minimum Gasteiger partial charge on any atom is -0.493 e. The Morgan fingerprint density at radius 3 is 2.76 bits per heavy atom. The number of hydrogen-bond donors (Lipinski definition) is 1. The van der Waals surface area contributed by atoms with E-state index in [9.17, 15) is 0 Å². The van der Waals surface area contributed by atoms with Gasteiger partial charge in [0.05, 0.1) is 13.2 Å². The maximum Gasteiger partial charge on any atom is 0.191 e. The van der Waals surface area contributed by atoms with Gasteiger partial charge < -0.3 is 15.4 Å². The van der Waals surface area contributed by atoms with Crippen molar-refractivity contribution in [1.29, 1.82) is 0 Å². The average Bonchev–Trinajstić information content (AvgIpc) is 2.52. The molecule has 1 aromatic carbocycles. The lowest BCUT2D eigenvalue weighted by molar-refractivity contribution is 0.271. The molecule has 0 radical (unpaired) electrons. The number of benzene rings is 1. The minimum atomic E-state index is 0.529. The quantitative estimate of drug-likeness (QED) is 0.669. The first kappa shape index (κ1) is 15.7. The lowest BCUT2D eigenvalue weighted by Crippen LogP contribution is -2.40. The zero-order chi connectivity index (χ0) is 15.1. The van der Waals surface area contributed by atoms with Crippen molar-refractivity contribution in [3.8, 4) is 5.75 Å². The van der Waals surface area contributed by atoms with Crippen LogP contribution in [0, 0.1) is 5.92 Å². The monoisotopic (exact) mass is 289 g/mol. The second-order valence-electron chi connectivity index (χ2n) is 6.07. The summed E-state index contributed by atoms with van der Waals surface area (Å²) in [6.07, 6.45) is 3.74. The molecule has 0 saturated carbocycles. The molecule has 2 N–H and O–H groups in total. The van der Waals surface area contributed by atoms with E-state index in [1.54, 1.807) is 0 Å². The molecule has 1 aliphatic rings. The van der Waals surface area contributed by atoms with Crippen LogP contribution in [0.25, 0.3) is 0 Å². The molecular weight excluding hydrogens is 262 g/mol. The van der Waals surface area contributed by atoms with Crippen LogP contribution in [-0.4, -0.2) is 30.6 Å². The average molecular weight is 289 g/mol. The van der Waals surface area contributed by atoms with Crippen LogP contribution in [0.15, 0.2) is 29.3 Å². The van der Waals surface area contributed by atoms with Crippen LogP contribution in [0.4, 0.5) is 0 Å². The van der Waals surface area contributed by atoms with Crippen LogP contribution >= 0.6 is 0 Å². The fourth-order valence-electron chi connectivity index (χ4n) is 2.39. The minimum absolute atomic E-state index is 0.529. The van der Waals surface area contributed by atoms with Crippen molar-refractivity contribution in [3.63, 3.8) is 0 Å². The molecule has 1 aliphatic heterocycles. The van der Waals surface area contributed by atoms with Gasteiger partial charge >= 0.3 is 0 Å². The van der Waals surface area contributed by atoms with E-state index in [0.717, 1.165) is 31.0 Å². The summed E-state index contributed by atoms with van der Waals surface area (Å²) < 4.78 is 5.74. The van der Waals surface area contributed by atoms with Gasteiger partial charge in [0, 0.05) is 13.1 Å². The van der Waals surface area contributed by atoms with E-state index in [0.29, 0.717) is 18.4 Å². The Hall–Kier alpha value is -1.71. The summed E-state index contributed by atoms with van der Waals surface area (Å²) >= 11 is 0.